The number of hydrogen-bond acceptors (Lipinski definition) is 4. The van der Waals surface area contributed by atoms with Crippen LogP contribution in [0.15, 0.2) is 48.3 Å². The number of aromatic nitrogens is 5. The quantitative estimate of drug-likeness (QED) is 0.708. The van der Waals surface area contributed by atoms with Crippen LogP contribution in [0.5, 0.6) is 0 Å². The van der Waals surface area contributed by atoms with Crippen LogP contribution in [0.4, 0.5) is 0 Å². The lowest BCUT2D eigenvalue weighted by molar-refractivity contribution is -0.126. The van der Waals surface area contributed by atoms with Crippen LogP contribution in [0.2, 0.25) is 0 Å². The largest absolute Gasteiger partial charge is 0.339 e. The summed E-state index contributed by atoms with van der Waals surface area (Å²) >= 11 is 0. The lowest BCUT2D eigenvalue weighted by Gasteiger charge is -2.25. The van der Waals surface area contributed by atoms with Crippen molar-refractivity contribution in [1.82, 2.24) is 29.0 Å². The zero-order chi connectivity index (χ0) is 18.5. The Labute approximate surface area is 150 Å². The smallest absolute Gasteiger partial charge is 0.331 e. The molecule has 8 nitrogen and oxygen atoms in total. The van der Waals surface area contributed by atoms with Gasteiger partial charge in [-0.25, -0.2) is 9.78 Å². The Kier molecular flexibility index (Phi) is 5.31. The zero-order valence-electron chi connectivity index (χ0n) is 14.8. The number of hydrogen-bond donors (Lipinski definition) is 1. The van der Waals surface area contributed by atoms with Crippen LogP contribution in [0.1, 0.15) is 19.3 Å². The second-order valence-corrected chi connectivity index (χ2v) is 6.14. The number of H-pyrrole nitrogens is 1. The normalized spacial score (nSPS) is 14.0. The third kappa shape index (κ3) is 3.90. The number of amides is 1. The molecule has 1 saturated heterocycles. The number of imidazole rings is 1. The van der Waals surface area contributed by atoms with Gasteiger partial charge in [-0.15, -0.1) is 0 Å². The molecule has 0 unspecified atom stereocenters. The number of likely N-dealkylation sites (tertiary alicyclic amines) is 1. The fourth-order valence-electron chi connectivity index (χ4n) is 2.89. The molecule has 0 aliphatic carbocycles. The molecule has 4 heterocycles. The monoisotopic (exact) mass is 354 g/mol. The maximum Gasteiger partial charge on any atom is 0.331 e. The summed E-state index contributed by atoms with van der Waals surface area (Å²) in [4.78, 5) is 31.4. The van der Waals surface area contributed by atoms with Crippen LogP contribution in [0.3, 0.4) is 0 Å². The van der Waals surface area contributed by atoms with Gasteiger partial charge in [-0.1, -0.05) is 6.58 Å². The van der Waals surface area contributed by atoms with E-state index >= 15 is 0 Å². The number of nitrogens with one attached hydrogen (secondary N) is 1. The van der Waals surface area contributed by atoms with E-state index in [1.54, 1.807) is 23.3 Å². The van der Waals surface area contributed by atoms with Gasteiger partial charge in [0.15, 0.2) is 0 Å². The SMILES string of the molecule is C=CC(=O)N1CCCCC1.Cn1cc(-c2cc3nccn3c(=O)[nH]2)cn1. The van der Waals surface area contributed by atoms with Gasteiger partial charge in [-0.3, -0.25) is 13.9 Å². The summed E-state index contributed by atoms with van der Waals surface area (Å²) in [5, 5.41) is 4.06. The first kappa shape index (κ1) is 17.7. The molecule has 0 bridgehead atoms. The van der Waals surface area contributed by atoms with Gasteiger partial charge in [0.2, 0.25) is 5.91 Å². The molecule has 1 amide bonds. The number of carbonyl (C=O) groups excluding carboxylic acids is 1. The Bertz CT molecular complexity index is 961. The van der Waals surface area contributed by atoms with Crippen molar-refractivity contribution in [2.24, 2.45) is 7.05 Å². The molecule has 136 valence electrons. The maximum absolute atomic E-state index is 11.7. The number of rotatable bonds is 2. The Balaban J connectivity index is 0.000000170. The van der Waals surface area contributed by atoms with E-state index in [1.807, 2.05) is 24.2 Å². The highest BCUT2D eigenvalue weighted by molar-refractivity contribution is 5.87. The predicted molar refractivity (Wildman–Crippen MR) is 98.6 cm³/mol. The number of aromatic amines is 1. The van der Waals surface area contributed by atoms with E-state index in [9.17, 15) is 9.59 Å². The first-order chi connectivity index (χ1) is 12.6. The van der Waals surface area contributed by atoms with Crippen molar-refractivity contribution >= 4 is 11.6 Å². The summed E-state index contributed by atoms with van der Waals surface area (Å²) in [5.41, 5.74) is 2.01. The Morgan fingerprint density at radius 3 is 2.73 bits per heavy atom. The van der Waals surface area contributed by atoms with Gasteiger partial charge >= 0.3 is 5.69 Å². The molecule has 0 saturated carbocycles. The maximum atomic E-state index is 11.7. The zero-order valence-corrected chi connectivity index (χ0v) is 14.8. The minimum Gasteiger partial charge on any atom is -0.339 e. The summed E-state index contributed by atoms with van der Waals surface area (Å²) < 4.78 is 3.14. The summed E-state index contributed by atoms with van der Waals surface area (Å²) in [5.74, 6) is 0.0831. The highest BCUT2D eigenvalue weighted by Gasteiger charge is 2.12. The Hall–Kier alpha value is -3.16. The first-order valence-corrected chi connectivity index (χ1v) is 8.55. The van der Waals surface area contributed by atoms with Crippen molar-refractivity contribution in [1.29, 1.82) is 0 Å². The van der Waals surface area contributed by atoms with Crippen molar-refractivity contribution in [2.75, 3.05) is 13.1 Å². The summed E-state index contributed by atoms with van der Waals surface area (Å²) in [6, 6.07) is 1.82. The van der Waals surface area contributed by atoms with E-state index in [0.717, 1.165) is 37.2 Å². The van der Waals surface area contributed by atoms with Crippen molar-refractivity contribution in [2.45, 2.75) is 19.3 Å². The molecule has 0 spiro atoms. The molecule has 3 aromatic rings. The van der Waals surface area contributed by atoms with Crippen LogP contribution in [0, 0.1) is 0 Å². The third-order valence-electron chi connectivity index (χ3n) is 4.26. The second kappa shape index (κ2) is 7.81. The number of aryl methyl sites for hydroxylation is 1. The lowest BCUT2D eigenvalue weighted by atomic mass is 10.1. The van der Waals surface area contributed by atoms with Crippen LogP contribution in [-0.2, 0) is 11.8 Å². The van der Waals surface area contributed by atoms with Gasteiger partial charge in [0.1, 0.15) is 5.65 Å². The highest BCUT2D eigenvalue weighted by atomic mass is 16.2. The molecular formula is C18H22N6O2. The summed E-state index contributed by atoms with van der Waals surface area (Å²) in [7, 11) is 1.83. The van der Waals surface area contributed by atoms with Crippen molar-refractivity contribution < 1.29 is 4.79 Å². The van der Waals surface area contributed by atoms with Crippen LogP contribution in [-0.4, -0.2) is 48.0 Å². The molecule has 8 heteroatoms. The number of fused-ring (bicyclic) bond motifs is 1. The fraction of sp³-hybridized carbons (Fsp3) is 0.333. The molecule has 3 aromatic heterocycles. The van der Waals surface area contributed by atoms with Crippen LogP contribution >= 0.6 is 0 Å². The lowest BCUT2D eigenvalue weighted by Crippen LogP contribution is -2.34. The van der Waals surface area contributed by atoms with Gasteiger partial charge < -0.3 is 9.88 Å². The molecule has 4 rings (SSSR count). The van der Waals surface area contributed by atoms with Crippen LogP contribution < -0.4 is 5.69 Å². The average Bonchev–Trinajstić information content (AvgIpc) is 3.31. The minimum atomic E-state index is -0.200. The molecular weight excluding hydrogens is 332 g/mol. The number of nitrogens with zero attached hydrogens (tertiary/aromatic N) is 5. The average molecular weight is 354 g/mol. The first-order valence-electron chi connectivity index (χ1n) is 8.55. The van der Waals surface area contributed by atoms with Gasteiger partial charge in [-0.2, -0.15) is 5.10 Å². The standard InChI is InChI=1S/C10H9N5O.C8H13NO/c1-14-6-7(5-12-14)8-4-9-11-2-3-15(9)10(16)13-8;1-2-8(10)9-6-4-3-5-7-9/h2-6H,1H3,(H,13,16);2H,1,3-7H2. The van der Waals surface area contributed by atoms with Gasteiger partial charge in [-0.05, 0) is 25.3 Å². The summed E-state index contributed by atoms with van der Waals surface area (Å²) in [6.07, 6.45) is 11.7. The van der Waals surface area contributed by atoms with Crippen molar-refractivity contribution in [3.63, 3.8) is 0 Å². The predicted octanol–water partition coefficient (Wildman–Crippen LogP) is 1.61. The molecule has 0 aromatic carbocycles. The Morgan fingerprint density at radius 2 is 2.08 bits per heavy atom. The van der Waals surface area contributed by atoms with Crippen molar-refractivity contribution in [3.8, 4) is 11.3 Å². The molecule has 26 heavy (non-hydrogen) atoms. The molecule has 1 aliphatic heterocycles. The third-order valence-corrected chi connectivity index (χ3v) is 4.26. The van der Waals surface area contributed by atoms with E-state index in [2.05, 4.69) is 21.6 Å². The fourth-order valence-corrected chi connectivity index (χ4v) is 2.89. The van der Waals surface area contributed by atoms with E-state index in [0.29, 0.717) is 5.65 Å². The minimum absolute atomic E-state index is 0.0831. The van der Waals surface area contributed by atoms with Crippen LogP contribution in [0.25, 0.3) is 16.9 Å². The Morgan fingerprint density at radius 1 is 1.31 bits per heavy atom. The van der Waals surface area contributed by atoms with Gasteiger partial charge in [0.05, 0.1) is 11.9 Å². The topological polar surface area (TPSA) is 88.3 Å². The molecule has 0 radical (unpaired) electrons. The number of piperidine rings is 1. The van der Waals surface area contributed by atoms with E-state index < -0.39 is 0 Å². The van der Waals surface area contributed by atoms with Gasteiger partial charge in [0.25, 0.3) is 0 Å². The highest BCUT2D eigenvalue weighted by Crippen LogP contribution is 2.15. The van der Waals surface area contributed by atoms with E-state index in [1.165, 1.54) is 16.9 Å². The van der Waals surface area contributed by atoms with Gasteiger partial charge in [0, 0.05) is 50.4 Å². The number of carbonyl (C=O) groups is 1. The van der Waals surface area contributed by atoms with E-state index in [-0.39, 0.29) is 11.6 Å². The molecule has 1 fully saturated rings. The van der Waals surface area contributed by atoms with E-state index in [4.69, 9.17) is 0 Å². The molecule has 0 atom stereocenters. The second-order valence-electron chi connectivity index (χ2n) is 6.14. The molecule has 1 aliphatic rings. The van der Waals surface area contributed by atoms with Crippen molar-refractivity contribution in [3.05, 3.63) is 54.0 Å². The molecule has 1 N–H and O–H groups in total. The summed E-state index contributed by atoms with van der Waals surface area (Å²) in [6.45, 7) is 5.29.